The van der Waals surface area contributed by atoms with E-state index in [-0.39, 0.29) is 25.7 Å². The van der Waals surface area contributed by atoms with E-state index in [0.29, 0.717) is 32.1 Å². The van der Waals surface area contributed by atoms with Gasteiger partial charge in [0.15, 0.2) is 12.2 Å². The van der Waals surface area contributed by atoms with Crippen molar-refractivity contribution in [2.75, 3.05) is 39.6 Å². The van der Waals surface area contributed by atoms with E-state index in [1.165, 1.54) is 19.3 Å². The van der Waals surface area contributed by atoms with Crippen LogP contribution in [0.1, 0.15) is 297 Å². The number of carbonyl (C=O) groups is 4. The van der Waals surface area contributed by atoms with E-state index in [0.717, 1.165) is 193 Å². The fraction of sp³-hybridized carbons (Fsp3) is 0.647. The SMILES string of the molecule is CC/C=C\C/C=C\C/C=C\C/C=C\C/C=C\CCCC(=O)OC(COC(=O)CCCCCCCC/C=C\C/C=C\C/C=C\CCCCC)COP(=O)(O)OCC(O)COP(=O)(O)OCC(COC(=O)CCCCCCC/C=C\C/C=C\C/C=C\CC)OC(=O)CCCCCCC/C=C\C/C=C\CCC. The Labute approximate surface area is 629 Å². The van der Waals surface area contributed by atoms with Crippen LogP contribution in [0.4, 0.5) is 0 Å². The van der Waals surface area contributed by atoms with Crippen molar-refractivity contribution >= 4 is 39.5 Å². The van der Waals surface area contributed by atoms with Gasteiger partial charge in [-0.25, -0.2) is 9.13 Å². The van der Waals surface area contributed by atoms with Crippen LogP contribution in [0, 0.1) is 0 Å². The molecule has 0 spiro atoms. The number of carbonyl (C=O) groups excluding carboxylic acids is 4. The van der Waals surface area contributed by atoms with Gasteiger partial charge in [0.2, 0.25) is 0 Å². The lowest BCUT2D eigenvalue weighted by molar-refractivity contribution is -0.161. The Morgan fingerprint density at radius 3 is 0.846 bits per heavy atom. The molecule has 0 aliphatic carbocycles. The average molecular weight is 1500 g/mol. The minimum Gasteiger partial charge on any atom is -0.462 e. The van der Waals surface area contributed by atoms with Crippen molar-refractivity contribution in [2.24, 2.45) is 0 Å². The number of hydrogen-bond donors (Lipinski definition) is 3. The molecule has 0 amide bonds. The summed E-state index contributed by atoms with van der Waals surface area (Å²) < 4.78 is 68.5. The molecule has 5 atom stereocenters. The number of unbranched alkanes of at least 4 members (excludes halogenated alkanes) is 21. The summed E-state index contributed by atoms with van der Waals surface area (Å²) in [7, 11) is -10.00. The standard InChI is InChI=1S/C85H140O17P2/c1-5-9-13-17-21-25-29-33-36-38-39-41-43-47-50-54-58-62-66-70-83(88)96-76-81(102-85(90)72-68-64-60-56-52-48-44-40-37-34-30-26-22-18-14-10-6-2)78-100-104(93,94)98-74-79(86)73-97-103(91,92)99-77-80(101-84(89)71-67-63-59-55-51-45-32-28-24-20-16-12-8-4)75-95-82(87)69-65-61-57-53-49-46-42-35-31-27-23-19-15-11-7-3/h10-11,14-16,20-23,25-28,32-37,39,41-42,44,48,56,60,79-81,86H,5-9,12-13,17-19,24,29-31,38,40,43,45-47,49-55,57-59,61-78H2,1-4H3,(H,91,92)(H,93,94)/b14-10-,15-11-,20-16-,25-21-,26-22-,27-23-,32-28-,36-33-,37-34-,41-39-,42-35-,48-44-,60-56-. The monoisotopic (exact) mass is 1490 g/mol. The van der Waals surface area contributed by atoms with Crippen LogP contribution in [0.15, 0.2) is 158 Å². The lowest BCUT2D eigenvalue weighted by atomic mass is 10.1. The highest BCUT2D eigenvalue weighted by Gasteiger charge is 2.30. The smallest absolute Gasteiger partial charge is 0.462 e. The second-order valence-corrected chi connectivity index (χ2v) is 28.8. The normalized spacial score (nSPS) is 14.7. The molecule has 0 aromatic rings. The maximum absolute atomic E-state index is 13.1. The van der Waals surface area contributed by atoms with Gasteiger partial charge < -0.3 is 33.8 Å². The molecule has 0 heterocycles. The molecule has 3 N–H and O–H groups in total. The van der Waals surface area contributed by atoms with E-state index in [2.05, 4.69) is 174 Å². The Morgan fingerprint density at radius 2 is 0.529 bits per heavy atom. The van der Waals surface area contributed by atoms with E-state index >= 15 is 0 Å². The highest BCUT2D eigenvalue weighted by atomic mass is 31.2. The molecule has 17 nitrogen and oxygen atoms in total. The van der Waals surface area contributed by atoms with Gasteiger partial charge in [0.1, 0.15) is 19.3 Å². The summed E-state index contributed by atoms with van der Waals surface area (Å²) in [6, 6.07) is 0. The Hall–Kier alpha value is -5.32. The number of rotatable bonds is 73. The highest BCUT2D eigenvalue weighted by molar-refractivity contribution is 7.47. The molecule has 0 bridgehead atoms. The average Bonchev–Trinajstić information content (AvgIpc) is 0.917. The second kappa shape index (κ2) is 75.9. The molecule has 0 fully saturated rings. The second-order valence-electron chi connectivity index (χ2n) is 25.9. The number of hydrogen-bond acceptors (Lipinski definition) is 15. The van der Waals surface area contributed by atoms with Gasteiger partial charge in [-0.3, -0.25) is 37.3 Å². The fourth-order valence-corrected chi connectivity index (χ4v) is 11.5. The van der Waals surface area contributed by atoms with Gasteiger partial charge in [0.05, 0.1) is 26.4 Å². The number of phosphoric acid groups is 2. The van der Waals surface area contributed by atoms with Crippen LogP contribution in [0.5, 0.6) is 0 Å². The molecule has 0 aliphatic rings. The van der Waals surface area contributed by atoms with Gasteiger partial charge in [-0.05, 0) is 161 Å². The zero-order valence-corrected chi connectivity index (χ0v) is 66.4. The molecule has 0 aromatic carbocycles. The topological polar surface area (TPSA) is 237 Å². The zero-order valence-electron chi connectivity index (χ0n) is 64.6. The van der Waals surface area contributed by atoms with Gasteiger partial charge in [-0.1, -0.05) is 269 Å². The van der Waals surface area contributed by atoms with Crippen LogP contribution in [0.2, 0.25) is 0 Å². The van der Waals surface area contributed by atoms with Crippen LogP contribution in [-0.2, 0) is 65.4 Å². The molecular formula is C85H140O17P2. The van der Waals surface area contributed by atoms with Gasteiger partial charge in [-0.2, -0.15) is 0 Å². The van der Waals surface area contributed by atoms with Crippen molar-refractivity contribution in [3.63, 3.8) is 0 Å². The molecule has 5 unspecified atom stereocenters. The van der Waals surface area contributed by atoms with Gasteiger partial charge in [0.25, 0.3) is 0 Å². The Kier molecular flexibility index (Phi) is 72.0. The summed E-state index contributed by atoms with van der Waals surface area (Å²) >= 11 is 0. The molecule has 19 heteroatoms. The molecule has 0 aliphatic heterocycles. The van der Waals surface area contributed by atoms with Crippen molar-refractivity contribution in [3.05, 3.63) is 158 Å². The van der Waals surface area contributed by atoms with Crippen molar-refractivity contribution < 1.29 is 80.2 Å². The minimum absolute atomic E-state index is 0.00808. The largest absolute Gasteiger partial charge is 0.472 e. The first-order valence-corrected chi connectivity index (χ1v) is 42.7. The number of aliphatic hydroxyl groups excluding tert-OH is 1. The molecule has 0 aromatic heterocycles. The molecular weight excluding hydrogens is 1350 g/mol. The van der Waals surface area contributed by atoms with E-state index < -0.39 is 97.5 Å². The molecule has 0 saturated heterocycles. The number of ether oxygens (including phenoxy) is 4. The number of aliphatic hydroxyl groups is 1. The van der Waals surface area contributed by atoms with Crippen LogP contribution >= 0.6 is 15.6 Å². The maximum Gasteiger partial charge on any atom is 0.472 e. The number of esters is 4. The van der Waals surface area contributed by atoms with Crippen molar-refractivity contribution in [3.8, 4) is 0 Å². The summed E-state index contributed by atoms with van der Waals surface area (Å²) in [4.78, 5) is 73.0. The molecule has 0 rings (SSSR count). The molecule has 0 saturated carbocycles. The number of allylic oxidation sites excluding steroid dienone is 26. The molecule has 592 valence electrons. The third kappa shape index (κ3) is 74.9. The Balaban J connectivity index is 5.45. The lowest BCUT2D eigenvalue weighted by Crippen LogP contribution is -2.30. The Bertz CT molecular complexity index is 2590. The predicted octanol–water partition coefficient (Wildman–Crippen LogP) is 23.2. The van der Waals surface area contributed by atoms with Crippen molar-refractivity contribution in [1.29, 1.82) is 0 Å². The first-order chi connectivity index (χ1) is 50.7. The van der Waals surface area contributed by atoms with E-state index in [1.54, 1.807) is 0 Å². The maximum atomic E-state index is 13.1. The van der Waals surface area contributed by atoms with E-state index in [4.69, 9.17) is 37.0 Å². The highest BCUT2D eigenvalue weighted by Crippen LogP contribution is 2.45. The summed E-state index contributed by atoms with van der Waals surface area (Å²) in [5, 5.41) is 10.6. The zero-order chi connectivity index (χ0) is 76.0. The van der Waals surface area contributed by atoms with E-state index in [9.17, 15) is 43.2 Å². The van der Waals surface area contributed by atoms with Crippen LogP contribution in [-0.4, -0.2) is 96.7 Å². The van der Waals surface area contributed by atoms with Crippen LogP contribution in [0.25, 0.3) is 0 Å². The fourth-order valence-electron chi connectivity index (χ4n) is 9.96. The summed E-state index contributed by atoms with van der Waals surface area (Å²) in [6.45, 7) is 4.43. The van der Waals surface area contributed by atoms with Gasteiger partial charge in [-0.15, -0.1) is 0 Å². The quantitative estimate of drug-likeness (QED) is 0.0169. The lowest BCUT2D eigenvalue weighted by Gasteiger charge is -2.21. The third-order valence-corrected chi connectivity index (χ3v) is 17.8. The summed E-state index contributed by atoms with van der Waals surface area (Å²) in [6.07, 6.45) is 88.0. The number of phosphoric ester groups is 2. The van der Waals surface area contributed by atoms with Crippen LogP contribution < -0.4 is 0 Å². The first kappa shape index (κ1) is 98.7. The van der Waals surface area contributed by atoms with Crippen molar-refractivity contribution in [1.82, 2.24) is 0 Å². The van der Waals surface area contributed by atoms with Gasteiger partial charge in [0, 0.05) is 25.7 Å². The van der Waals surface area contributed by atoms with Crippen LogP contribution in [0.3, 0.4) is 0 Å². The summed E-state index contributed by atoms with van der Waals surface area (Å²) in [5.74, 6) is -2.30. The predicted molar refractivity (Wildman–Crippen MR) is 427 cm³/mol. The first-order valence-electron chi connectivity index (χ1n) is 39.7. The Morgan fingerprint density at radius 1 is 0.279 bits per heavy atom. The van der Waals surface area contributed by atoms with Gasteiger partial charge >= 0.3 is 39.5 Å². The molecule has 104 heavy (non-hydrogen) atoms. The van der Waals surface area contributed by atoms with Crippen molar-refractivity contribution in [2.45, 2.75) is 316 Å². The van der Waals surface area contributed by atoms with E-state index in [1.807, 2.05) is 12.2 Å². The third-order valence-electron chi connectivity index (χ3n) is 15.9. The summed E-state index contributed by atoms with van der Waals surface area (Å²) in [5.41, 5.74) is 0. The molecule has 0 radical (unpaired) electrons. The minimum atomic E-state index is -5.00.